The van der Waals surface area contributed by atoms with Crippen LogP contribution in [0.2, 0.25) is 0 Å². The molecule has 0 aromatic carbocycles. The van der Waals surface area contributed by atoms with Crippen LogP contribution in [0, 0.1) is 0 Å². The molecule has 5 nitrogen and oxygen atoms in total. The zero-order chi connectivity index (χ0) is 8.81. The van der Waals surface area contributed by atoms with E-state index < -0.39 is 0 Å². The highest BCUT2D eigenvalue weighted by Crippen LogP contribution is 2.15. The van der Waals surface area contributed by atoms with E-state index in [4.69, 9.17) is 11.3 Å². The smallest absolute Gasteiger partial charge is 0.180 e. The lowest BCUT2D eigenvalue weighted by atomic mass is 10.4. The molecule has 0 aliphatic heterocycles. The second-order valence-electron chi connectivity index (χ2n) is 1.92. The van der Waals surface area contributed by atoms with E-state index in [0.717, 1.165) is 4.88 Å². The molecule has 1 heterocycles. The number of hydrogen-bond donors (Lipinski definition) is 1. The number of hydrogen-bond acceptors (Lipinski definition) is 4. The molecule has 0 aliphatic carbocycles. The van der Waals surface area contributed by atoms with E-state index in [2.05, 4.69) is 15.0 Å². The molecule has 0 bridgehead atoms. The zero-order valence-electron chi connectivity index (χ0n) is 6.21. The number of thiazole rings is 1. The van der Waals surface area contributed by atoms with Gasteiger partial charge in [-0.25, -0.2) is 4.98 Å². The maximum absolute atomic E-state index is 7.96. The molecular formula is C6H7N5S. The average molecular weight is 181 g/mol. The van der Waals surface area contributed by atoms with Gasteiger partial charge in [-0.3, -0.25) is 0 Å². The maximum Gasteiger partial charge on any atom is 0.180 e. The largest absolute Gasteiger partial charge is 0.375 e. The van der Waals surface area contributed by atoms with Crippen LogP contribution in [0.4, 0.5) is 5.13 Å². The van der Waals surface area contributed by atoms with Crippen molar-refractivity contribution in [1.29, 1.82) is 0 Å². The summed E-state index contributed by atoms with van der Waals surface area (Å²) in [5.41, 5.74) is 13.4. The number of nitrogens with two attached hydrogens (primary N) is 1. The third-order valence-corrected chi connectivity index (χ3v) is 1.87. The Balaban J connectivity index is 2.51. The molecule has 0 amide bonds. The summed E-state index contributed by atoms with van der Waals surface area (Å²) in [6.45, 7) is 0.355. The van der Waals surface area contributed by atoms with Crippen LogP contribution in [0.25, 0.3) is 16.5 Å². The Hall–Kier alpha value is -1.52. The Bertz CT molecular complexity index is 322. The molecular weight excluding hydrogens is 174 g/mol. The van der Waals surface area contributed by atoms with Crippen molar-refractivity contribution < 1.29 is 0 Å². The number of aromatic nitrogens is 1. The summed E-state index contributed by atoms with van der Waals surface area (Å²) < 4.78 is 0. The molecule has 0 fully saturated rings. The predicted molar refractivity (Wildman–Crippen MR) is 49.6 cm³/mol. The molecule has 1 aromatic heterocycles. The minimum atomic E-state index is 0.355. The summed E-state index contributed by atoms with van der Waals surface area (Å²) in [7, 11) is 0. The summed E-state index contributed by atoms with van der Waals surface area (Å²) in [6, 6.07) is 0. The highest BCUT2D eigenvalue weighted by molar-refractivity contribution is 7.16. The summed E-state index contributed by atoms with van der Waals surface area (Å²) in [5, 5.41) is 3.88. The van der Waals surface area contributed by atoms with Crippen molar-refractivity contribution in [3.8, 4) is 0 Å². The van der Waals surface area contributed by atoms with Crippen molar-refractivity contribution in [2.24, 2.45) is 5.11 Å². The summed E-state index contributed by atoms with van der Waals surface area (Å²) in [5.74, 6) is 0. The van der Waals surface area contributed by atoms with E-state index in [1.165, 1.54) is 11.3 Å². The molecule has 2 N–H and O–H groups in total. The summed E-state index contributed by atoms with van der Waals surface area (Å²) in [6.07, 6.45) is 5.25. The van der Waals surface area contributed by atoms with Gasteiger partial charge in [0, 0.05) is 22.5 Å². The van der Waals surface area contributed by atoms with Crippen LogP contribution >= 0.6 is 11.3 Å². The Morgan fingerprint density at radius 2 is 2.67 bits per heavy atom. The van der Waals surface area contributed by atoms with Gasteiger partial charge in [-0.1, -0.05) is 22.5 Å². The van der Waals surface area contributed by atoms with Gasteiger partial charge in [-0.2, -0.15) is 0 Å². The van der Waals surface area contributed by atoms with Crippen LogP contribution in [-0.2, 0) is 0 Å². The molecule has 1 rings (SSSR count). The van der Waals surface area contributed by atoms with E-state index in [9.17, 15) is 0 Å². The molecule has 6 heteroatoms. The standard InChI is InChI=1S/C6H7N5S/c7-6-9-4-5(12-6)2-1-3-10-11-8/h1-2,4H,3H2,(H2,7,9). The van der Waals surface area contributed by atoms with Crippen molar-refractivity contribution in [3.05, 3.63) is 27.6 Å². The quantitative estimate of drug-likeness (QED) is 0.439. The first-order valence-corrected chi connectivity index (χ1v) is 4.03. The van der Waals surface area contributed by atoms with Gasteiger partial charge in [-0.15, -0.1) is 0 Å². The lowest BCUT2D eigenvalue weighted by Gasteiger charge is -1.79. The van der Waals surface area contributed by atoms with Gasteiger partial charge in [-0.05, 0) is 11.6 Å². The van der Waals surface area contributed by atoms with E-state index in [0.29, 0.717) is 11.7 Å². The third kappa shape index (κ3) is 2.61. The van der Waals surface area contributed by atoms with Gasteiger partial charge in [0.1, 0.15) is 0 Å². The van der Waals surface area contributed by atoms with Crippen molar-refractivity contribution in [1.82, 2.24) is 4.98 Å². The Kier molecular flexibility index (Phi) is 3.13. The van der Waals surface area contributed by atoms with E-state index >= 15 is 0 Å². The van der Waals surface area contributed by atoms with Gasteiger partial charge < -0.3 is 5.73 Å². The van der Waals surface area contributed by atoms with Gasteiger partial charge in [0.05, 0.1) is 0 Å². The lowest BCUT2D eigenvalue weighted by molar-refractivity contribution is 1.22. The fourth-order valence-corrected chi connectivity index (χ4v) is 1.25. The summed E-state index contributed by atoms with van der Waals surface area (Å²) >= 11 is 1.39. The fraction of sp³-hybridized carbons (Fsp3) is 0.167. The molecule has 0 saturated heterocycles. The van der Waals surface area contributed by atoms with Gasteiger partial charge >= 0.3 is 0 Å². The number of nitrogen functional groups attached to an aromatic ring is 1. The molecule has 0 spiro atoms. The van der Waals surface area contributed by atoms with Crippen LogP contribution in [0.3, 0.4) is 0 Å². The molecule has 0 unspecified atom stereocenters. The zero-order valence-corrected chi connectivity index (χ0v) is 7.03. The van der Waals surface area contributed by atoms with E-state index in [1.807, 2.05) is 6.08 Å². The highest BCUT2D eigenvalue weighted by Gasteiger charge is 1.91. The van der Waals surface area contributed by atoms with Crippen LogP contribution in [0.5, 0.6) is 0 Å². The van der Waals surface area contributed by atoms with Crippen LogP contribution in [-0.4, -0.2) is 11.5 Å². The molecule has 62 valence electrons. The highest BCUT2D eigenvalue weighted by atomic mass is 32.1. The first kappa shape index (κ1) is 8.58. The number of nitrogens with zero attached hydrogens (tertiary/aromatic N) is 4. The second kappa shape index (κ2) is 4.38. The minimum Gasteiger partial charge on any atom is -0.375 e. The fourth-order valence-electron chi connectivity index (χ4n) is 0.630. The Labute approximate surface area is 73.2 Å². The molecule has 0 saturated carbocycles. The molecule has 0 atom stereocenters. The first-order chi connectivity index (χ1) is 5.83. The first-order valence-electron chi connectivity index (χ1n) is 3.21. The van der Waals surface area contributed by atoms with Crippen LogP contribution < -0.4 is 5.73 Å². The SMILES string of the molecule is [N-]=[N+]=NCC=Cc1cnc(N)s1. The Morgan fingerprint density at radius 1 is 1.83 bits per heavy atom. The molecule has 0 aliphatic rings. The van der Waals surface area contributed by atoms with Crippen molar-refractivity contribution in [3.63, 3.8) is 0 Å². The van der Waals surface area contributed by atoms with Crippen molar-refractivity contribution >= 4 is 22.5 Å². The molecule has 12 heavy (non-hydrogen) atoms. The summed E-state index contributed by atoms with van der Waals surface area (Å²) in [4.78, 5) is 7.42. The van der Waals surface area contributed by atoms with Crippen LogP contribution in [0.15, 0.2) is 17.4 Å². The van der Waals surface area contributed by atoms with Crippen LogP contribution in [0.1, 0.15) is 4.88 Å². The van der Waals surface area contributed by atoms with Gasteiger partial charge in [0.25, 0.3) is 0 Å². The monoisotopic (exact) mass is 181 g/mol. The maximum atomic E-state index is 7.96. The lowest BCUT2D eigenvalue weighted by Crippen LogP contribution is -1.77. The average Bonchev–Trinajstić information content (AvgIpc) is 2.45. The molecule has 1 aromatic rings. The van der Waals surface area contributed by atoms with Crippen molar-refractivity contribution in [2.75, 3.05) is 12.3 Å². The molecule has 0 radical (unpaired) electrons. The van der Waals surface area contributed by atoms with Gasteiger partial charge in [0.15, 0.2) is 5.13 Å². The van der Waals surface area contributed by atoms with Crippen molar-refractivity contribution in [2.45, 2.75) is 0 Å². The number of azide groups is 1. The van der Waals surface area contributed by atoms with E-state index in [-0.39, 0.29) is 0 Å². The van der Waals surface area contributed by atoms with Gasteiger partial charge in [0.2, 0.25) is 0 Å². The predicted octanol–water partition coefficient (Wildman–Crippen LogP) is 2.05. The number of rotatable bonds is 3. The second-order valence-corrected chi connectivity index (χ2v) is 3.01. The normalized spacial score (nSPS) is 10.0. The minimum absolute atomic E-state index is 0.355. The third-order valence-electron chi connectivity index (χ3n) is 1.07. The van der Waals surface area contributed by atoms with E-state index in [1.54, 1.807) is 12.3 Å². The topological polar surface area (TPSA) is 87.7 Å². The number of anilines is 1. The Morgan fingerprint density at radius 3 is 3.25 bits per heavy atom.